The lowest BCUT2D eigenvalue weighted by atomic mass is 9.82. The summed E-state index contributed by atoms with van der Waals surface area (Å²) in [5.41, 5.74) is 18.2. The largest absolute Gasteiger partial charge is 0.309 e. The Morgan fingerprint density at radius 2 is 0.650 bits per heavy atom. The highest BCUT2D eigenvalue weighted by molar-refractivity contribution is 6.12. The van der Waals surface area contributed by atoms with Gasteiger partial charge in [-0.1, -0.05) is 220 Å². The third-order valence-corrected chi connectivity index (χ3v) is 12.7. The number of hydrogen-bond donors (Lipinski definition) is 0. The van der Waals surface area contributed by atoms with E-state index in [1.165, 1.54) is 88.3 Å². The molecule has 1 aliphatic carbocycles. The van der Waals surface area contributed by atoms with Crippen molar-refractivity contribution in [1.82, 2.24) is 0 Å². The molecule has 0 N–H and O–H groups in total. The van der Waals surface area contributed by atoms with Gasteiger partial charge in [0, 0.05) is 22.1 Å². The van der Waals surface area contributed by atoms with Crippen molar-refractivity contribution in [2.24, 2.45) is 0 Å². The van der Waals surface area contributed by atoms with Crippen LogP contribution in [0.25, 0.3) is 77.2 Å². The maximum absolute atomic E-state index is 2.57. The van der Waals surface area contributed by atoms with E-state index in [0.717, 1.165) is 17.1 Å². The van der Waals surface area contributed by atoms with Crippen molar-refractivity contribution >= 4 is 38.6 Å². The number of fused-ring (bicyclic) bond motifs is 5. The fourth-order valence-corrected chi connectivity index (χ4v) is 9.95. The van der Waals surface area contributed by atoms with E-state index in [1.54, 1.807) is 0 Å². The summed E-state index contributed by atoms with van der Waals surface area (Å²) in [7, 11) is 0. The number of para-hydroxylation sites is 2. The third-order valence-electron chi connectivity index (χ3n) is 12.7. The lowest BCUT2D eigenvalue weighted by molar-refractivity contribution is 0.660. The fraction of sp³-hybridized carbons (Fsp3) is 0.0508. The van der Waals surface area contributed by atoms with Crippen LogP contribution in [0.3, 0.4) is 0 Å². The number of nitrogens with zero attached hydrogens (tertiary/aromatic N) is 1. The van der Waals surface area contributed by atoms with Gasteiger partial charge in [0.25, 0.3) is 0 Å². The van der Waals surface area contributed by atoms with Gasteiger partial charge in [-0.15, -0.1) is 0 Å². The standard InChI is InChI=1S/C59H43N/c1-59(2)51-35-12-9-30-50(51)58-52(59)36-19-39-55(58)60(53-37-13-10-28-46(53)48-33-17-26-42-24-15-31-44(56(42)48)40-20-5-3-6-21-40)54-38-14-11-29-47(54)49-34-18-27-43-25-16-32-45(57(43)49)41-22-7-4-8-23-41/h3-39H,1-2H3. The van der Waals surface area contributed by atoms with Gasteiger partial charge in [-0.05, 0) is 89.8 Å². The molecular weight excluding hydrogens is 723 g/mol. The first-order valence-electron chi connectivity index (χ1n) is 20.9. The zero-order valence-corrected chi connectivity index (χ0v) is 33.8. The van der Waals surface area contributed by atoms with Crippen molar-refractivity contribution in [3.8, 4) is 55.6 Å². The number of rotatable bonds is 7. The molecule has 1 aliphatic rings. The molecule has 0 bridgehead atoms. The molecule has 0 saturated carbocycles. The Balaban J connectivity index is 1.24. The van der Waals surface area contributed by atoms with Gasteiger partial charge in [0.05, 0.1) is 17.1 Å². The van der Waals surface area contributed by atoms with Gasteiger partial charge in [-0.25, -0.2) is 0 Å². The van der Waals surface area contributed by atoms with Crippen LogP contribution >= 0.6 is 0 Å². The van der Waals surface area contributed by atoms with Gasteiger partial charge < -0.3 is 4.90 Å². The Kier molecular flexibility index (Phi) is 8.57. The molecule has 0 atom stereocenters. The van der Waals surface area contributed by atoms with E-state index < -0.39 is 0 Å². The zero-order chi connectivity index (χ0) is 40.2. The van der Waals surface area contributed by atoms with Crippen LogP contribution in [0.4, 0.5) is 17.1 Å². The number of anilines is 3. The molecule has 0 radical (unpaired) electrons. The Labute approximate surface area is 352 Å². The van der Waals surface area contributed by atoms with Crippen molar-refractivity contribution in [2.75, 3.05) is 4.90 Å². The first-order valence-corrected chi connectivity index (χ1v) is 20.9. The van der Waals surface area contributed by atoms with E-state index in [2.05, 4.69) is 243 Å². The molecule has 0 saturated heterocycles. The molecule has 0 heterocycles. The van der Waals surface area contributed by atoms with Crippen molar-refractivity contribution < 1.29 is 0 Å². The van der Waals surface area contributed by atoms with E-state index in [9.17, 15) is 0 Å². The summed E-state index contributed by atoms with van der Waals surface area (Å²) in [5, 5.41) is 4.93. The van der Waals surface area contributed by atoms with Crippen LogP contribution in [0.15, 0.2) is 224 Å². The van der Waals surface area contributed by atoms with Gasteiger partial charge in [-0.3, -0.25) is 0 Å². The van der Waals surface area contributed by atoms with Crippen molar-refractivity contribution in [3.05, 3.63) is 236 Å². The third kappa shape index (κ3) is 5.69. The monoisotopic (exact) mass is 765 g/mol. The van der Waals surface area contributed by atoms with Crippen LogP contribution in [0.2, 0.25) is 0 Å². The molecule has 1 nitrogen and oxygen atoms in total. The van der Waals surface area contributed by atoms with Gasteiger partial charge in [-0.2, -0.15) is 0 Å². The Morgan fingerprint density at radius 1 is 0.283 bits per heavy atom. The molecule has 0 aromatic heterocycles. The summed E-state index contributed by atoms with van der Waals surface area (Å²) in [6.07, 6.45) is 0. The summed E-state index contributed by atoms with van der Waals surface area (Å²) in [4.78, 5) is 2.57. The van der Waals surface area contributed by atoms with Gasteiger partial charge >= 0.3 is 0 Å². The van der Waals surface area contributed by atoms with Crippen molar-refractivity contribution in [2.45, 2.75) is 19.3 Å². The lowest BCUT2D eigenvalue weighted by Gasteiger charge is -2.32. The van der Waals surface area contributed by atoms with Gasteiger partial charge in [0.15, 0.2) is 0 Å². The molecule has 10 aromatic rings. The molecule has 10 aromatic carbocycles. The van der Waals surface area contributed by atoms with E-state index in [0.29, 0.717) is 0 Å². The van der Waals surface area contributed by atoms with E-state index in [-0.39, 0.29) is 5.41 Å². The predicted octanol–water partition coefficient (Wildman–Crippen LogP) is 16.4. The first-order chi connectivity index (χ1) is 29.6. The Hall–Kier alpha value is -7.48. The van der Waals surface area contributed by atoms with Crippen LogP contribution in [0.5, 0.6) is 0 Å². The molecule has 0 unspecified atom stereocenters. The summed E-state index contributed by atoms with van der Waals surface area (Å²) in [6.45, 7) is 4.74. The second-order valence-corrected chi connectivity index (χ2v) is 16.4. The van der Waals surface area contributed by atoms with Crippen LogP contribution in [0, 0.1) is 0 Å². The highest BCUT2D eigenvalue weighted by atomic mass is 15.2. The predicted molar refractivity (Wildman–Crippen MR) is 255 cm³/mol. The minimum Gasteiger partial charge on any atom is -0.309 e. The second-order valence-electron chi connectivity index (χ2n) is 16.4. The Morgan fingerprint density at radius 3 is 1.17 bits per heavy atom. The minimum absolute atomic E-state index is 0.160. The number of benzene rings is 10. The summed E-state index contributed by atoms with van der Waals surface area (Å²) in [5.74, 6) is 0. The number of hydrogen-bond acceptors (Lipinski definition) is 1. The molecule has 60 heavy (non-hydrogen) atoms. The normalized spacial score (nSPS) is 12.6. The Bertz CT molecular complexity index is 3050. The average molecular weight is 766 g/mol. The maximum atomic E-state index is 2.57. The molecule has 11 rings (SSSR count). The second kappa shape index (κ2) is 14.4. The smallest absolute Gasteiger partial charge is 0.0543 e. The molecule has 0 amide bonds. The first kappa shape index (κ1) is 35.7. The maximum Gasteiger partial charge on any atom is 0.0543 e. The highest BCUT2D eigenvalue weighted by Crippen LogP contribution is 2.56. The zero-order valence-electron chi connectivity index (χ0n) is 33.8. The van der Waals surface area contributed by atoms with Crippen molar-refractivity contribution in [3.63, 3.8) is 0 Å². The van der Waals surface area contributed by atoms with Crippen molar-refractivity contribution in [1.29, 1.82) is 0 Å². The molecule has 0 spiro atoms. The molecule has 0 aliphatic heterocycles. The summed E-state index contributed by atoms with van der Waals surface area (Å²) >= 11 is 0. The van der Waals surface area contributed by atoms with Crippen LogP contribution in [-0.4, -0.2) is 0 Å². The van der Waals surface area contributed by atoms with Crippen LogP contribution in [-0.2, 0) is 5.41 Å². The van der Waals surface area contributed by atoms with Crippen LogP contribution < -0.4 is 4.90 Å². The van der Waals surface area contributed by atoms with Gasteiger partial charge in [0.1, 0.15) is 0 Å². The fourth-order valence-electron chi connectivity index (χ4n) is 9.95. The molecule has 0 fully saturated rings. The van der Waals surface area contributed by atoms with Crippen LogP contribution in [0.1, 0.15) is 25.0 Å². The molecule has 1 heteroatoms. The highest BCUT2D eigenvalue weighted by Gasteiger charge is 2.38. The topological polar surface area (TPSA) is 3.24 Å². The average Bonchev–Trinajstić information content (AvgIpc) is 3.55. The quantitative estimate of drug-likeness (QED) is 0.156. The van der Waals surface area contributed by atoms with E-state index in [4.69, 9.17) is 0 Å². The summed E-state index contributed by atoms with van der Waals surface area (Å²) < 4.78 is 0. The van der Waals surface area contributed by atoms with Gasteiger partial charge in [0.2, 0.25) is 0 Å². The minimum atomic E-state index is -0.160. The van der Waals surface area contributed by atoms with E-state index >= 15 is 0 Å². The SMILES string of the molecule is CC1(C)c2ccccc2-c2c(N(c3ccccc3-c3cccc4cccc(-c5ccccc5)c34)c3ccccc3-c3cccc4cccc(-c5ccccc5)c34)cccc21. The summed E-state index contributed by atoms with van der Waals surface area (Å²) in [6, 6.07) is 82.5. The van der Waals surface area contributed by atoms with E-state index in [1.807, 2.05) is 0 Å². The molecule has 284 valence electrons. The lowest BCUT2D eigenvalue weighted by Crippen LogP contribution is -2.16. The molecular formula is C59H43N.